The molecule has 0 radical (unpaired) electrons. The third-order valence-corrected chi connectivity index (χ3v) is 6.47. The summed E-state index contributed by atoms with van der Waals surface area (Å²) in [5.74, 6) is -1.91. The molecule has 2 N–H and O–H groups in total. The van der Waals surface area contributed by atoms with Crippen LogP contribution in [0.25, 0.3) is 0 Å². The van der Waals surface area contributed by atoms with E-state index in [9.17, 15) is 14.4 Å². The van der Waals surface area contributed by atoms with E-state index >= 15 is 0 Å². The highest BCUT2D eigenvalue weighted by atomic mass is 32.1. The summed E-state index contributed by atoms with van der Waals surface area (Å²) in [6.07, 6.45) is 6.74. The highest BCUT2D eigenvalue weighted by molar-refractivity contribution is 7.14. The van der Waals surface area contributed by atoms with E-state index < -0.39 is 11.7 Å². The van der Waals surface area contributed by atoms with Gasteiger partial charge in [-0.3, -0.25) is 25.2 Å². The number of rotatable bonds is 3. The third kappa shape index (κ3) is 5.32. The fourth-order valence-corrected chi connectivity index (χ4v) is 4.59. The maximum absolute atomic E-state index is 12.4. The van der Waals surface area contributed by atoms with Crippen molar-refractivity contribution in [1.82, 2.24) is 10.9 Å². The lowest BCUT2D eigenvalue weighted by molar-refractivity contribution is -0.117. The maximum atomic E-state index is 12.4. The third-order valence-electron chi connectivity index (χ3n) is 5.23. The summed E-state index contributed by atoms with van der Waals surface area (Å²) in [7, 11) is 0. The molecule has 1 aliphatic rings. The Balaban J connectivity index is 1.59. The second-order valence-corrected chi connectivity index (χ2v) is 9.67. The number of ketones is 1. The fraction of sp³-hybridized carbons (Fsp3) is 0.435. The van der Waals surface area contributed by atoms with E-state index in [1.807, 2.05) is 18.2 Å². The normalized spacial score (nSPS) is 14.3. The lowest BCUT2D eigenvalue weighted by Crippen LogP contribution is -2.44. The Morgan fingerprint density at radius 2 is 1.55 bits per heavy atom. The summed E-state index contributed by atoms with van der Waals surface area (Å²) in [6, 6.07) is 8.90. The van der Waals surface area contributed by atoms with Crippen LogP contribution in [-0.4, -0.2) is 17.6 Å². The van der Waals surface area contributed by atoms with Gasteiger partial charge in [-0.1, -0.05) is 57.9 Å². The van der Waals surface area contributed by atoms with Gasteiger partial charge in [0, 0.05) is 10.4 Å². The first-order chi connectivity index (χ1) is 13.8. The number of Topliss-reactive ketones (excluding diaryl/α,β-unsaturated/α-hetero) is 1. The second-order valence-electron chi connectivity index (χ2n) is 8.54. The topological polar surface area (TPSA) is 75.3 Å². The number of hydrogen-bond donors (Lipinski definition) is 2. The molecular formula is C23H28N2O3S. The second kappa shape index (κ2) is 8.91. The van der Waals surface area contributed by atoms with Crippen LogP contribution in [0.4, 0.5) is 0 Å². The number of thiophene rings is 1. The van der Waals surface area contributed by atoms with Gasteiger partial charge >= 0.3 is 5.91 Å². The summed E-state index contributed by atoms with van der Waals surface area (Å²) in [4.78, 5) is 38.8. The van der Waals surface area contributed by atoms with Gasteiger partial charge in [0.2, 0.25) is 0 Å². The van der Waals surface area contributed by atoms with Crippen LogP contribution in [0.2, 0.25) is 0 Å². The van der Waals surface area contributed by atoms with Gasteiger partial charge in [0.25, 0.3) is 11.7 Å². The molecule has 0 atom stereocenters. The first-order valence-electron chi connectivity index (χ1n) is 10.1. The summed E-state index contributed by atoms with van der Waals surface area (Å²) >= 11 is 1.48. The van der Waals surface area contributed by atoms with Crippen LogP contribution in [-0.2, 0) is 23.1 Å². The van der Waals surface area contributed by atoms with Crippen LogP contribution >= 0.6 is 11.3 Å². The summed E-state index contributed by atoms with van der Waals surface area (Å²) in [5.41, 5.74) is 7.20. The first kappa shape index (κ1) is 21.2. The predicted molar refractivity (Wildman–Crippen MR) is 115 cm³/mol. The molecular weight excluding hydrogens is 384 g/mol. The SMILES string of the molecule is CC(C)(C)c1ccc(C(=O)C(=O)NNC(=O)c2cc3c(s2)CCCCCC3)cc1. The highest BCUT2D eigenvalue weighted by Crippen LogP contribution is 2.28. The molecule has 2 amide bonds. The zero-order valence-corrected chi connectivity index (χ0v) is 18.1. The molecule has 0 unspecified atom stereocenters. The first-order valence-corrected chi connectivity index (χ1v) is 10.9. The van der Waals surface area contributed by atoms with Crippen molar-refractivity contribution in [1.29, 1.82) is 0 Å². The number of amides is 2. The minimum absolute atomic E-state index is 0.0320. The maximum Gasteiger partial charge on any atom is 0.310 e. The summed E-state index contributed by atoms with van der Waals surface area (Å²) < 4.78 is 0. The van der Waals surface area contributed by atoms with Gasteiger partial charge < -0.3 is 0 Å². The number of nitrogens with one attached hydrogen (secondary N) is 2. The van der Waals surface area contributed by atoms with Crippen molar-refractivity contribution in [3.63, 3.8) is 0 Å². The number of hydrazine groups is 1. The zero-order chi connectivity index (χ0) is 21.0. The lowest BCUT2D eigenvalue weighted by Gasteiger charge is -2.18. The van der Waals surface area contributed by atoms with E-state index in [1.54, 1.807) is 12.1 Å². The Hall–Kier alpha value is -2.47. The average Bonchev–Trinajstić information content (AvgIpc) is 3.06. The number of hydrogen-bond acceptors (Lipinski definition) is 4. The van der Waals surface area contributed by atoms with Gasteiger partial charge in [-0.25, -0.2) is 0 Å². The molecule has 1 aliphatic carbocycles. The van der Waals surface area contributed by atoms with E-state index in [0.29, 0.717) is 10.4 Å². The molecule has 154 valence electrons. The minimum Gasteiger partial charge on any atom is -0.283 e. The molecule has 1 aromatic carbocycles. The van der Waals surface area contributed by atoms with Gasteiger partial charge in [0.05, 0.1) is 4.88 Å². The van der Waals surface area contributed by atoms with Gasteiger partial charge in [0.15, 0.2) is 0 Å². The van der Waals surface area contributed by atoms with Crippen LogP contribution in [0, 0.1) is 0 Å². The fourth-order valence-electron chi connectivity index (χ4n) is 3.44. The van der Waals surface area contributed by atoms with Crippen LogP contribution < -0.4 is 10.9 Å². The molecule has 2 aromatic rings. The van der Waals surface area contributed by atoms with Gasteiger partial charge in [-0.05, 0) is 48.3 Å². The van der Waals surface area contributed by atoms with Crippen LogP contribution in [0.5, 0.6) is 0 Å². The molecule has 0 spiro atoms. The Morgan fingerprint density at radius 1 is 0.897 bits per heavy atom. The standard InChI is InChI=1S/C23H28N2O3S/c1-23(2,3)17-12-10-15(11-13-17)20(26)22(28)25-24-21(27)19-14-16-8-6-4-5-7-9-18(16)29-19/h10-14H,4-9H2,1-3H3,(H,24,27)(H,25,28). The number of aryl methyl sites for hydroxylation is 2. The molecule has 0 bridgehead atoms. The molecule has 1 heterocycles. The van der Waals surface area contributed by atoms with Crippen molar-refractivity contribution in [2.24, 2.45) is 0 Å². The Labute approximate surface area is 175 Å². The largest absolute Gasteiger partial charge is 0.310 e. The molecule has 1 aromatic heterocycles. The van der Waals surface area contributed by atoms with Crippen molar-refractivity contribution in [3.05, 3.63) is 56.8 Å². The molecule has 0 saturated heterocycles. The number of carbonyl (C=O) groups excluding carboxylic acids is 3. The van der Waals surface area contributed by atoms with E-state index in [0.717, 1.165) is 31.2 Å². The molecule has 6 heteroatoms. The minimum atomic E-state index is -0.850. The average molecular weight is 413 g/mol. The van der Waals surface area contributed by atoms with Crippen molar-refractivity contribution < 1.29 is 14.4 Å². The number of fused-ring (bicyclic) bond motifs is 1. The van der Waals surface area contributed by atoms with Crippen molar-refractivity contribution >= 4 is 28.9 Å². The summed E-state index contributed by atoms with van der Waals surface area (Å²) in [6.45, 7) is 6.24. The van der Waals surface area contributed by atoms with Gasteiger partial charge in [0.1, 0.15) is 0 Å². The zero-order valence-electron chi connectivity index (χ0n) is 17.3. The van der Waals surface area contributed by atoms with E-state index in [2.05, 4.69) is 31.6 Å². The molecule has 0 saturated carbocycles. The van der Waals surface area contributed by atoms with E-state index in [-0.39, 0.29) is 11.3 Å². The molecule has 5 nitrogen and oxygen atoms in total. The van der Waals surface area contributed by atoms with Crippen LogP contribution in [0.15, 0.2) is 30.3 Å². The Kier molecular flexibility index (Phi) is 6.52. The van der Waals surface area contributed by atoms with Crippen molar-refractivity contribution in [3.8, 4) is 0 Å². The Morgan fingerprint density at radius 3 is 2.21 bits per heavy atom. The monoisotopic (exact) mass is 412 g/mol. The van der Waals surface area contributed by atoms with Crippen molar-refractivity contribution in [2.75, 3.05) is 0 Å². The van der Waals surface area contributed by atoms with Crippen LogP contribution in [0.3, 0.4) is 0 Å². The predicted octanol–water partition coefficient (Wildman–Crippen LogP) is 4.35. The Bertz CT molecular complexity index is 882. The molecule has 3 rings (SSSR count). The number of benzene rings is 1. The smallest absolute Gasteiger partial charge is 0.283 e. The lowest BCUT2D eigenvalue weighted by atomic mass is 9.86. The van der Waals surface area contributed by atoms with E-state index in [1.165, 1.54) is 34.6 Å². The van der Waals surface area contributed by atoms with Crippen LogP contribution in [0.1, 0.15) is 82.5 Å². The molecule has 0 fully saturated rings. The number of carbonyl (C=O) groups is 3. The highest BCUT2D eigenvalue weighted by Gasteiger charge is 2.20. The molecule has 0 aliphatic heterocycles. The van der Waals surface area contributed by atoms with Gasteiger partial charge in [-0.2, -0.15) is 0 Å². The van der Waals surface area contributed by atoms with Gasteiger partial charge in [-0.15, -0.1) is 11.3 Å². The van der Waals surface area contributed by atoms with E-state index in [4.69, 9.17) is 0 Å². The molecule has 29 heavy (non-hydrogen) atoms. The van der Waals surface area contributed by atoms with Crippen molar-refractivity contribution in [2.45, 2.75) is 64.7 Å². The summed E-state index contributed by atoms with van der Waals surface area (Å²) in [5, 5.41) is 0. The quantitative estimate of drug-likeness (QED) is 0.447.